The van der Waals surface area contributed by atoms with Crippen molar-refractivity contribution in [2.24, 2.45) is 0 Å². The summed E-state index contributed by atoms with van der Waals surface area (Å²) in [4.78, 5) is 13.9. The van der Waals surface area contributed by atoms with E-state index in [0.29, 0.717) is 0 Å². The van der Waals surface area contributed by atoms with Crippen LogP contribution in [0.3, 0.4) is 0 Å². The molecule has 16 heavy (non-hydrogen) atoms. The average molecular weight is 291 g/mol. The number of nitrogens with zero attached hydrogens (tertiary/aromatic N) is 2. The van der Waals surface area contributed by atoms with E-state index >= 15 is 0 Å². The molecule has 0 spiro atoms. The summed E-state index contributed by atoms with van der Waals surface area (Å²) in [5, 5.41) is 17.1. The number of pyridine rings is 1. The third-order valence-electron chi connectivity index (χ3n) is 1.72. The van der Waals surface area contributed by atoms with Gasteiger partial charge < -0.3 is 5.11 Å². The largest absolute Gasteiger partial charge is 0.481 e. The number of aromatic nitrogens is 1. The lowest BCUT2D eigenvalue weighted by atomic mass is 10.1. The van der Waals surface area contributed by atoms with E-state index in [1.54, 1.807) is 6.07 Å². The molecule has 0 saturated carbocycles. The summed E-state index contributed by atoms with van der Waals surface area (Å²) in [5.74, 6) is -1.17. The van der Waals surface area contributed by atoms with E-state index in [0.717, 1.165) is 0 Å². The van der Waals surface area contributed by atoms with Crippen molar-refractivity contribution in [3.05, 3.63) is 27.5 Å². The number of carboxylic acids is 1. The molecule has 0 amide bonds. The van der Waals surface area contributed by atoms with E-state index in [9.17, 15) is 13.6 Å². The Labute approximate surface area is 97.7 Å². The molecular formula is C9H5BrF2N2O2. The Hall–Kier alpha value is -1.55. The van der Waals surface area contributed by atoms with Crippen molar-refractivity contribution in [3.63, 3.8) is 0 Å². The maximum atomic E-state index is 12.5. The van der Waals surface area contributed by atoms with Crippen LogP contribution < -0.4 is 0 Å². The Morgan fingerprint density at radius 2 is 2.31 bits per heavy atom. The van der Waals surface area contributed by atoms with Gasteiger partial charge in [0.2, 0.25) is 0 Å². The number of rotatable bonds is 3. The number of nitriles is 1. The minimum absolute atomic E-state index is 0.0658. The molecule has 1 N–H and O–H groups in total. The van der Waals surface area contributed by atoms with Gasteiger partial charge in [0.05, 0.1) is 6.42 Å². The molecule has 4 nitrogen and oxygen atoms in total. The molecule has 0 bridgehead atoms. The van der Waals surface area contributed by atoms with Crippen molar-refractivity contribution >= 4 is 21.9 Å². The van der Waals surface area contributed by atoms with Crippen molar-refractivity contribution in [3.8, 4) is 6.07 Å². The van der Waals surface area contributed by atoms with Crippen LogP contribution in [-0.2, 0) is 11.2 Å². The normalized spacial score (nSPS) is 10.2. The summed E-state index contributed by atoms with van der Waals surface area (Å²) in [6.45, 7) is 0. The third-order valence-corrected chi connectivity index (χ3v) is 2.64. The zero-order valence-corrected chi connectivity index (χ0v) is 9.33. The summed E-state index contributed by atoms with van der Waals surface area (Å²) in [6.07, 6.45) is -3.31. The van der Waals surface area contributed by atoms with Crippen LogP contribution in [0.15, 0.2) is 10.5 Å². The van der Waals surface area contributed by atoms with Crippen molar-refractivity contribution in [2.45, 2.75) is 12.8 Å². The quantitative estimate of drug-likeness (QED) is 0.927. The second-order valence-corrected chi connectivity index (χ2v) is 3.64. The Kier molecular flexibility index (Phi) is 3.90. The molecule has 0 fully saturated rings. The monoisotopic (exact) mass is 290 g/mol. The smallest absolute Gasteiger partial charge is 0.307 e. The van der Waals surface area contributed by atoms with Crippen LogP contribution in [-0.4, -0.2) is 16.1 Å². The van der Waals surface area contributed by atoms with Gasteiger partial charge >= 0.3 is 5.97 Å². The van der Waals surface area contributed by atoms with Gasteiger partial charge in [-0.25, -0.2) is 13.8 Å². The highest BCUT2D eigenvalue weighted by molar-refractivity contribution is 9.10. The molecule has 0 aliphatic rings. The first-order chi connectivity index (χ1) is 7.45. The summed E-state index contributed by atoms with van der Waals surface area (Å²) >= 11 is 2.86. The van der Waals surface area contributed by atoms with Crippen LogP contribution in [0, 0.1) is 11.3 Å². The minimum atomic E-state index is -2.87. The van der Waals surface area contributed by atoms with Gasteiger partial charge in [-0.3, -0.25) is 4.79 Å². The lowest BCUT2D eigenvalue weighted by molar-refractivity contribution is -0.136. The van der Waals surface area contributed by atoms with Gasteiger partial charge in [-0.15, -0.1) is 0 Å². The lowest BCUT2D eigenvalue weighted by Gasteiger charge is -2.07. The number of halogens is 3. The molecule has 1 heterocycles. The molecule has 0 unspecified atom stereocenters. The van der Waals surface area contributed by atoms with Gasteiger partial charge in [0, 0.05) is 4.47 Å². The molecule has 0 atom stereocenters. The summed E-state index contributed by atoms with van der Waals surface area (Å²) in [7, 11) is 0. The van der Waals surface area contributed by atoms with E-state index in [-0.39, 0.29) is 15.7 Å². The number of alkyl halides is 2. The number of hydrogen-bond donors (Lipinski definition) is 1. The van der Waals surface area contributed by atoms with Gasteiger partial charge in [0.15, 0.2) is 0 Å². The van der Waals surface area contributed by atoms with Crippen molar-refractivity contribution < 1.29 is 18.7 Å². The molecule has 84 valence electrons. The van der Waals surface area contributed by atoms with Crippen molar-refractivity contribution in [1.82, 2.24) is 4.98 Å². The molecule has 7 heteroatoms. The first kappa shape index (κ1) is 12.5. The summed E-state index contributed by atoms with van der Waals surface area (Å²) < 4.78 is 25.0. The summed E-state index contributed by atoms with van der Waals surface area (Å²) in [5.41, 5.74) is -0.737. The predicted octanol–water partition coefficient (Wildman–Crippen LogP) is 2.28. The molecule has 0 aliphatic carbocycles. The van der Waals surface area contributed by atoms with Gasteiger partial charge in [0.1, 0.15) is 17.5 Å². The highest BCUT2D eigenvalue weighted by Gasteiger charge is 2.19. The maximum Gasteiger partial charge on any atom is 0.307 e. The minimum Gasteiger partial charge on any atom is -0.481 e. The first-order valence-electron chi connectivity index (χ1n) is 4.05. The van der Waals surface area contributed by atoms with E-state index < -0.39 is 24.5 Å². The number of aliphatic carboxylic acids is 1. The predicted molar refractivity (Wildman–Crippen MR) is 52.9 cm³/mol. The van der Waals surface area contributed by atoms with E-state index in [1.807, 2.05) is 0 Å². The zero-order valence-electron chi connectivity index (χ0n) is 7.75. The topological polar surface area (TPSA) is 74.0 Å². The van der Waals surface area contributed by atoms with Gasteiger partial charge in [-0.05, 0) is 27.6 Å². The number of carbonyl (C=O) groups is 1. The third kappa shape index (κ3) is 2.73. The number of carboxylic acid groups (broad SMARTS) is 1. The van der Waals surface area contributed by atoms with Crippen LogP contribution in [0.1, 0.15) is 23.4 Å². The Bertz CT molecular complexity index is 471. The fourth-order valence-corrected chi connectivity index (χ4v) is 1.61. The average Bonchev–Trinajstić information content (AvgIpc) is 2.19. The van der Waals surface area contributed by atoms with Gasteiger partial charge in [-0.2, -0.15) is 5.26 Å². The summed E-state index contributed by atoms with van der Waals surface area (Å²) in [6, 6.07) is 2.78. The van der Waals surface area contributed by atoms with Crippen LogP contribution in [0.5, 0.6) is 0 Å². The second kappa shape index (κ2) is 4.99. The second-order valence-electron chi connectivity index (χ2n) is 2.85. The van der Waals surface area contributed by atoms with E-state index in [2.05, 4.69) is 20.9 Å². The molecule has 0 saturated heterocycles. The Morgan fingerprint density at radius 3 is 2.75 bits per heavy atom. The van der Waals surface area contributed by atoms with Crippen molar-refractivity contribution in [1.29, 1.82) is 5.26 Å². The molecule has 1 aromatic heterocycles. The highest BCUT2D eigenvalue weighted by atomic mass is 79.9. The van der Waals surface area contributed by atoms with Crippen LogP contribution >= 0.6 is 15.9 Å². The fraction of sp³-hybridized carbons (Fsp3) is 0.222. The molecular weight excluding hydrogens is 286 g/mol. The van der Waals surface area contributed by atoms with Crippen LogP contribution in [0.25, 0.3) is 0 Å². The first-order valence-corrected chi connectivity index (χ1v) is 4.84. The molecule has 1 aromatic rings. The molecule has 0 aliphatic heterocycles. The highest BCUT2D eigenvalue weighted by Crippen LogP contribution is 2.29. The standard InChI is InChI=1S/C9H5BrF2N2O2/c10-7-4(2-6(15)16)1-5(3-13)14-8(7)9(11)12/h1,9H,2H2,(H,15,16). The van der Waals surface area contributed by atoms with Crippen LogP contribution in [0.4, 0.5) is 8.78 Å². The Balaban J connectivity index is 3.32. The lowest BCUT2D eigenvalue weighted by Crippen LogP contribution is -2.05. The van der Waals surface area contributed by atoms with E-state index in [4.69, 9.17) is 10.4 Å². The molecule has 0 radical (unpaired) electrons. The van der Waals surface area contributed by atoms with E-state index in [1.165, 1.54) is 6.07 Å². The number of hydrogen-bond acceptors (Lipinski definition) is 3. The Morgan fingerprint density at radius 1 is 1.69 bits per heavy atom. The van der Waals surface area contributed by atoms with Gasteiger partial charge in [0.25, 0.3) is 6.43 Å². The SMILES string of the molecule is N#Cc1cc(CC(=O)O)c(Br)c(C(F)F)n1. The van der Waals surface area contributed by atoms with Crippen LogP contribution in [0.2, 0.25) is 0 Å². The maximum absolute atomic E-state index is 12.5. The van der Waals surface area contributed by atoms with Crippen molar-refractivity contribution in [2.75, 3.05) is 0 Å². The fourth-order valence-electron chi connectivity index (χ4n) is 1.10. The molecule has 0 aromatic carbocycles. The van der Waals surface area contributed by atoms with Gasteiger partial charge in [-0.1, -0.05) is 0 Å². The zero-order chi connectivity index (χ0) is 12.3. The molecule has 1 rings (SSSR count).